The number of amides is 1. The Morgan fingerprint density at radius 2 is 1.63 bits per heavy atom. The van der Waals surface area contributed by atoms with Gasteiger partial charge in [0.05, 0.1) is 11.4 Å². The van der Waals surface area contributed by atoms with Crippen molar-refractivity contribution >= 4 is 21.9 Å². The maximum absolute atomic E-state index is 13.4. The molecule has 9 nitrogen and oxygen atoms in total. The van der Waals surface area contributed by atoms with Gasteiger partial charge in [-0.2, -0.15) is 17.5 Å². The van der Waals surface area contributed by atoms with Gasteiger partial charge in [-0.15, -0.1) is 0 Å². The molecule has 0 atom stereocenters. The van der Waals surface area contributed by atoms with E-state index < -0.39 is 22.2 Å². The summed E-state index contributed by atoms with van der Waals surface area (Å²) in [7, 11) is -3.72. The molecule has 2 aliphatic rings. The molecule has 0 bridgehead atoms. The first kappa shape index (κ1) is 29.0. The van der Waals surface area contributed by atoms with Crippen molar-refractivity contribution in [3.05, 3.63) is 29.8 Å². The molecule has 2 saturated heterocycles. The Hall–Kier alpha value is -2.22. The van der Waals surface area contributed by atoms with Gasteiger partial charge in [-0.3, -0.25) is 4.79 Å². The molecule has 2 heterocycles. The van der Waals surface area contributed by atoms with Crippen LogP contribution in [0.1, 0.15) is 24.8 Å². The molecule has 0 saturated carbocycles. The Labute approximate surface area is 203 Å². The number of hydrogen-bond acceptors (Lipinski definition) is 6. The predicted octanol–water partition coefficient (Wildman–Crippen LogP) is 1.54. The van der Waals surface area contributed by atoms with Crippen molar-refractivity contribution < 1.29 is 36.3 Å². The molecule has 2 fully saturated rings. The summed E-state index contributed by atoms with van der Waals surface area (Å²) >= 11 is 0. The predicted molar refractivity (Wildman–Crippen MR) is 123 cm³/mol. The molecule has 198 valence electrons. The van der Waals surface area contributed by atoms with Crippen LogP contribution in [0, 0.1) is 6.92 Å². The van der Waals surface area contributed by atoms with Crippen LogP contribution in [0.15, 0.2) is 29.2 Å². The van der Waals surface area contributed by atoms with E-state index in [0.717, 1.165) is 39.0 Å². The molecule has 0 radical (unpaired) electrons. The van der Waals surface area contributed by atoms with Gasteiger partial charge < -0.3 is 20.2 Å². The minimum absolute atomic E-state index is 0.0928. The number of carboxylic acids is 1. The average molecular weight is 523 g/mol. The summed E-state index contributed by atoms with van der Waals surface area (Å²) in [6, 6.07) is 7.00. The van der Waals surface area contributed by atoms with Gasteiger partial charge in [0.1, 0.15) is 0 Å². The van der Waals surface area contributed by atoms with Gasteiger partial charge in [0.15, 0.2) is 0 Å². The van der Waals surface area contributed by atoms with E-state index in [-0.39, 0.29) is 12.5 Å². The first-order chi connectivity index (χ1) is 16.4. The van der Waals surface area contributed by atoms with Crippen molar-refractivity contribution in [3.63, 3.8) is 0 Å². The average Bonchev–Trinajstić information content (AvgIpc) is 2.82. The number of rotatable bonds is 7. The van der Waals surface area contributed by atoms with Crippen molar-refractivity contribution in [1.29, 1.82) is 0 Å². The number of likely N-dealkylation sites (tertiary alicyclic amines) is 1. The number of carbonyl (C=O) groups excluding carboxylic acids is 1. The van der Waals surface area contributed by atoms with Crippen LogP contribution >= 0.6 is 0 Å². The molecule has 35 heavy (non-hydrogen) atoms. The van der Waals surface area contributed by atoms with Crippen LogP contribution in [0.25, 0.3) is 0 Å². The van der Waals surface area contributed by atoms with Crippen LogP contribution in [-0.4, -0.2) is 105 Å². The molecule has 0 aliphatic carbocycles. The van der Waals surface area contributed by atoms with E-state index in [0.29, 0.717) is 36.6 Å². The summed E-state index contributed by atoms with van der Waals surface area (Å²) in [4.78, 5) is 26.1. The normalized spacial score (nSPS) is 17.6. The van der Waals surface area contributed by atoms with Crippen molar-refractivity contribution in [2.45, 2.75) is 37.3 Å². The summed E-state index contributed by atoms with van der Waals surface area (Å²) in [5, 5.41) is 10.3. The van der Waals surface area contributed by atoms with E-state index in [1.165, 1.54) is 10.7 Å². The highest BCUT2D eigenvalue weighted by Crippen LogP contribution is 2.20. The van der Waals surface area contributed by atoms with Crippen LogP contribution in [0.2, 0.25) is 0 Å². The summed E-state index contributed by atoms with van der Waals surface area (Å²) in [6.07, 6.45) is -1.53. The third-order valence-corrected chi connectivity index (χ3v) is 7.85. The van der Waals surface area contributed by atoms with Crippen LogP contribution in [0.5, 0.6) is 0 Å². The smallest absolute Gasteiger partial charge is 0.475 e. The van der Waals surface area contributed by atoms with E-state index in [9.17, 15) is 26.4 Å². The maximum Gasteiger partial charge on any atom is 0.490 e. The number of carbonyl (C=O) groups is 2. The Balaban J connectivity index is 0.000000540. The highest BCUT2D eigenvalue weighted by atomic mass is 32.2. The molecule has 0 unspecified atom stereocenters. The van der Waals surface area contributed by atoms with Crippen LogP contribution in [0.3, 0.4) is 0 Å². The minimum Gasteiger partial charge on any atom is -0.475 e. The molecule has 0 spiro atoms. The van der Waals surface area contributed by atoms with Gasteiger partial charge in [0.25, 0.3) is 0 Å². The number of sulfonamides is 1. The van der Waals surface area contributed by atoms with Crippen molar-refractivity contribution in [2.24, 2.45) is 0 Å². The number of aliphatic carboxylic acids is 1. The Morgan fingerprint density at radius 1 is 1.06 bits per heavy atom. The molecule has 2 N–H and O–H groups in total. The van der Waals surface area contributed by atoms with Gasteiger partial charge in [0, 0.05) is 39.3 Å². The first-order valence-electron chi connectivity index (χ1n) is 11.5. The number of piperazine rings is 1. The summed E-state index contributed by atoms with van der Waals surface area (Å²) in [6.45, 7) is 7.49. The minimum atomic E-state index is -5.08. The number of halogens is 3. The van der Waals surface area contributed by atoms with Crippen LogP contribution < -0.4 is 5.32 Å². The highest BCUT2D eigenvalue weighted by molar-refractivity contribution is 7.89. The molecular formula is C22H33F3N4O5S. The SMILES string of the molecule is Cc1ccccc1S(=O)(=O)N(CCN1CCCCC1)CC(=O)N1CCNCC1.O=C(O)C(F)(F)F. The lowest BCUT2D eigenvalue weighted by atomic mass is 10.1. The molecule has 1 amide bonds. The Bertz CT molecular complexity index is 947. The van der Waals surface area contributed by atoms with Gasteiger partial charge in [-0.05, 0) is 44.5 Å². The molecule has 3 rings (SSSR count). The quantitative estimate of drug-likeness (QED) is 0.559. The van der Waals surface area contributed by atoms with Gasteiger partial charge in [-0.25, -0.2) is 13.2 Å². The summed E-state index contributed by atoms with van der Waals surface area (Å²) < 4.78 is 59.9. The van der Waals surface area contributed by atoms with Gasteiger partial charge in [0.2, 0.25) is 15.9 Å². The largest absolute Gasteiger partial charge is 0.490 e. The number of carboxylic acid groups (broad SMARTS) is 1. The van der Waals surface area contributed by atoms with E-state index in [4.69, 9.17) is 9.90 Å². The molecule has 0 aromatic heterocycles. The lowest BCUT2D eigenvalue weighted by molar-refractivity contribution is -0.192. The zero-order valence-electron chi connectivity index (χ0n) is 19.8. The third kappa shape index (κ3) is 9.06. The fraction of sp³-hybridized carbons (Fsp3) is 0.636. The van der Waals surface area contributed by atoms with Crippen molar-refractivity contribution in [2.75, 3.05) is 58.9 Å². The molecular weight excluding hydrogens is 489 g/mol. The first-order valence-corrected chi connectivity index (χ1v) is 12.9. The standard InChI is InChI=1S/C20H32N4O3S.C2HF3O2/c1-18-7-3-4-8-19(18)28(26,27)24(16-15-22-11-5-2-6-12-22)17-20(25)23-13-9-21-10-14-23;3-2(4,5)1(6)7/h3-4,7-8,21H,2,5-6,9-17H2,1H3;(H,6,7). The second kappa shape index (κ2) is 13.2. The van der Waals surface area contributed by atoms with E-state index in [1.54, 1.807) is 30.0 Å². The zero-order valence-corrected chi connectivity index (χ0v) is 20.6. The number of hydrogen-bond donors (Lipinski definition) is 2. The fourth-order valence-electron chi connectivity index (χ4n) is 3.87. The molecule has 2 aliphatic heterocycles. The van der Waals surface area contributed by atoms with Gasteiger partial charge in [-0.1, -0.05) is 24.6 Å². The lowest BCUT2D eigenvalue weighted by Gasteiger charge is -2.32. The lowest BCUT2D eigenvalue weighted by Crippen LogP contribution is -2.51. The number of aryl methyl sites for hydroxylation is 1. The second-order valence-corrected chi connectivity index (χ2v) is 10.3. The van der Waals surface area contributed by atoms with E-state index >= 15 is 0 Å². The van der Waals surface area contributed by atoms with E-state index in [1.807, 2.05) is 6.07 Å². The maximum atomic E-state index is 13.4. The topological polar surface area (TPSA) is 110 Å². The number of piperidine rings is 1. The van der Waals surface area contributed by atoms with Crippen LogP contribution in [0.4, 0.5) is 13.2 Å². The number of nitrogens with one attached hydrogen (secondary N) is 1. The highest BCUT2D eigenvalue weighted by Gasteiger charge is 2.38. The van der Waals surface area contributed by atoms with Crippen molar-refractivity contribution in [3.8, 4) is 0 Å². The number of nitrogens with zero attached hydrogens (tertiary/aromatic N) is 3. The zero-order chi connectivity index (χ0) is 26.1. The fourth-order valence-corrected chi connectivity index (χ4v) is 5.48. The van der Waals surface area contributed by atoms with Crippen LogP contribution in [-0.2, 0) is 19.6 Å². The monoisotopic (exact) mass is 522 g/mol. The summed E-state index contributed by atoms with van der Waals surface area (Å²) in [5.74, 6) is -2.87. The second-order valence-electron chi connectivity index (χ2n) is 8.44. The van der Waals surface area contributed by atoms with Crippen molar-refractivity contribution in [1.82, 2.24) is 19.4 Å². The van der Waals surface area contributed by atoms with Gasteiger partial charge >= 0.3 is 12.1 Å². The number of alkyl halides is 3. The molecule has 13 heteroatoms. The third-order valence-electron chi connectivity index (χ3n) is 5.85. The summed E-state index contributed by atoms with van der Waals surface area (Å²) in [5.41, 5.74) is 0.708. The Kier molecular flexibility index (Phi) is 10.9. The Morgan fingerprint density at radius 3 is 2.17 bits per heavy atom. The molecule has 1 aromatic carbocycles. The molecule has 1 aromatic rings. The van der Waals surface area contributed by atoms with E-state index in [2.05, 4.69) is 10.2 Å². The number of benzene rings is 1.